The number of aliphatic carboxylic acids is 1. The normalized spacial score (nSPS) is 14.5. The molecule has 0 aliphatic rings. The summed E-state index contributed by atoms with van der Waals surface area (Å²) >= 11 is 3.27. The Morgan fingerprint density at radius 3 is 2.69 bits per heavy atom. The van der Waals surface area contributed by atoms with Crippen LogP contribution in [0.2, 0.25) is 0 Å². The van der Waals surface area contributed by atoms with Gasteiger partial charge in [-0.05, 0) is 24.1 Å². The highest BCUT2D eigenvalue weighted by Gasteiger charge is 2.28. The molecule has 1 aromatic rings. The van der Waals surface area contributed by atoms with Crippen molar-refractivity contribution in [2.45, 2.75) is 25.6 Å². The van der Waals surface area contributed by atoms with Crippen LogP contribution in [0.3, 0.4) is 0 Å². The molecule has 0 saturated carbocycles. The molecule has 1 atom stereocenters. The molecular weight excluding hydrogens is 277 g/mol. The molecule has 1 aromatic carbocycles. The monoisotopic (exact) mass is 289 g/mol. The molecule has 16 heavy (non-hydrogen) atoms. The van der Waals surface area contributed by atoms with Crippen molar-refractivity contribution in [3.8, 4) is 0 Å². The summed E-state index contributed by atoms with van der Waals surface area (Å²) in [6, 6.07) is 4.94. The lowest BCUT2D eigenvalue weighted by Crippen LogP contribution is -2.46. The lowest BCUT2D eigenvalue weighted by molar-refractivity contribution is -0.142. The average Bonchev–Trinajstić information content (AvgIpc) is 2.20. The summed E-state index contributed by atoms with van der Waals surface area (Å²) in [5.41, 5.74) is 5.62. The first-order valence-corrected chi connectivity index (χ1v) is 5.51. The van der Waals surface area contributed by atoms with E-state index in [1.807, 2.05) is 0 Å². The van der Waals surface area contributed by atoms with Gasteiger partial charge in [-0.25, -0.2) is 4.39 Å². The topological polar surface area (TPSA) is 63.3 Å². The zero-order valence-corrected chi connectivity index (χ0v) is 10.4. The molecule has 0 aliphatic carbocycles. The third kappa shape index (κ3) is 3.02. The van der Waals surface area contributed by atoms with Crippen molar-refractivity contribution in [3.63, 3.8) is 0 Å². The maximum absolute atomic E-state index is 12.4. The van der Waals surface area contributed by atoms with E-state index in [4.69, 9.17) is 10.8 Å². The van der Waals surface area contributed by atoms with E-state index in [2.05, 4.69) is 15.9 Å². The van der Waals surface area contributed by atoms with Gasteiger partial charge in [0.2, 0.25) is 0 Å². The SMILES string of the molecule is C[C@](N)(Cc1ccc(CF)cc1Br)C(=O)O. The summed E-state index contributed by atoms with van der Waals surface area (Å²) < 4.78 is 13.0. The summed E-state index contributed by atoms with van der Waals surface area (Å²) in [7, 11) is 0. The van der Waals surface area contributed by atoms with Gasteiger partial charge in [-0.2, -0.15) is 0 Å². The van der Waals surface area contributed by atoms with Crippen LogP contribution in [-0.2, 0) is 17.9 Å². The number of carbonyl (C=O) groups is 1. The minimum Gasteiger partial charge on any atom is -0.480 e. The fourth-order valence-electron chi connectivity index (χ4n) is 1.29. The molecule has 0 radical (unpaired) electrons. The van der Waals surface area contributed by atoms with Crippen LogP contribution in [0.25, 0.3) is 0 Å². The molecule has 5 heteroatoms. The predicted octanol–water partition coefficient (Wildman–Crippen LogP) is 2.26. The summed E-state index contributed by atoms with van der Waals surface area (Å²) in [4.78, 5) is 10.9. The van der Waals surface area contributed by atoms with Crippen LogP contribution in [0.1, 0.15) is 18.1 Å². The highest BCUT2D eigenvalue weighted by Crippen LogP contribution is 2.23. The van der Waals surface area contributed by atoms with Gasteiger partial charge in [0.05, 0.1) is 0 Å². The van der Waals surface area contributed by atoms with Crippen molar-refractivity contribution in [3.05, 3.63) is 33.8 Å². The van der Waals surface area contributed by atoms with Crippen LogP contribution >= 0.6 is 15.9 Å². The molecule has 0 unspecified atom stereocenters. The summed E-state index contributed by atoms with van der Waals surface area (Å²) in [5, 5.41) is 8.89. The van der Waals surface area contributed by atoms with Gasteiger partial charge in [-0.15, -0.1) is 0 Å². The number of hydrogen-bond acceptors (Lipinski definition) is 2. The Morgan fingerprint density at radius 1 is 1.62 bits per heavy atom. The molecule has 1 rings (SSSR count). The molecule has 0 saturated heterocycles. The fourth-order valence-corrected chi connectivity index (χ4v) is 1.85. The highest BCUT2D eigenvalue weighted by molar-refractivity contribution is 9.10. The van der Waals surface area contributed by atoms with Crippen molar-refractivity contribution in [1.29, 1.82) is 0 Å². The van der Waals surface area contributed by atoms with Gasteiger partial charge in [0, 0.05) is 10.9 Å². The van der Waals surface area contributed by atoms with Gasteiger partial charge in [0.25, 0.3) is 0 Å². The highest BCUT2D eigenvalue weighted by atomic mass is 79.9. The smallest absolute Gasteiger partial charge is 0.323 e. The number of rotatable bonds is 4. The van der Waals surface area contributed by atoms with Crippen molar-refractivity contribution in [1.82, 2.24) is 0 Å². The number of halogens is 2. The molecule has 0 fully saturated rings. The fraction of sp³-hybridized carbons (Fsp3) is 0.364. The van der Waals surface area contributed by atoms with E-state index in [9.17, 15) is 9.18 Å². The van der Waals surface area contributed by atoms with Crippen molar-refractivity contribution >= 4 is 21.9 Å². The summed E-state index contributed by atoms with van der Waals surface area (Å²) in [6.45, 7) is 0.905. The largest absolute Gasteiger partial charge is 0.480 e. The number of nitrogens with two attached hydrogens (primary N) is 1. The van der Waals surface area contributed by atoms with E-state index in [1.54, 1.807) is 18.2 Å². The Kier molecular flexibility index (Phi) is 4.04. The second kappa shape index (κ2) is 4.93. The predicted molar refractivity (Wildman–Crippen MR) is 62.9 cm³/mol. The molecule has 3 nitrogen and oxygen atoms in total. The van der Waals surface area contributed by atoms with Crippen LogP contribution in [-0.4, -0.2) is 16.6 Å². The van der Waals surface area contributed by atoms with E-state index in [1.165, 1.54) is 6.92 Å². The zero-order chi connectivity index (χ0) is 12.3. The van der Waals surface area contributed by atoms with Crippen LogP contribution in [0.15, 0.2) is 22.7 Å². The molecule has 3 N–H and O–H groups in total. The number of hydrogen-bond donors (Lipinski definition) is 2. The minimum absolute atomic E-state index is 0.190. The Hall–Kier alpha value is -0.940. The van der Waals surface area contributed by atoms with Gasteiger partial charge in [-0.1, -0.05) is 28.1 Å². The second-order valence-electron chi connectivity index (χ2n) is 3.96. The number of alkyl halides is 1. The maximum Gasteiger partial charge on any atom is 0.323 e. The first-order chi connectivity index (χ1) is 7.36. The van der Waals surface area contributed by atoms with Crippen molar-refractivity contribution in [2.75, 3.05) is 0 Å². The van der Waals surface area contributed by atoms with Crippen LogP contribution in [0.4, 0.5) is 4.39 Å². The molecule has 0 spiro atoms. The third-order valence-electron chi connectivity index (χ3n) is 2.32. The van der Waals surface area contributed by atoms with E-state index in [0.29, 0.717) is 10.0 Å². The minimum atomic E-state index is -1.32. The van der Waals surface area contributed by atoms with Gasteiger partial charge < -0.3 is 10.8 Å². The maximum atomic E-state index is 12.4. The Balaban J connectivity index is 2.94. The van der Waals surface area contributed by atoms with E-state index in [0.717, 1.165) is 5.56 Å². The summed E-state index contributed by atoms with van der Waals surface area (Å²) in [5.74, 6) is -1.06. The summed E-state index contributed by atoms with van der Waals surface area (Å²) in [6.07, 6.45) is 0.190. The van der Waals surface area contributed by atoms with Crippen molar-refractivity contribution in [2.24, 2.45) is 5.73 Å². The van der Waals surface area contributed by atoms with Crippen LogP contribution in [0.5, 0.6) is 0 Å². The van der Waals surface area contributed by atoms with Crippen LogP contribution < -0.4 is 5.73 Å². The molecule has 0 bridgehead atoms. The second-order valence-corrected chi connectivity index (χ2v) is 4.81. The van der Waals surface area contributed by atoms with E-state index in [-0.39, 0.29) is 6.42 Å². The van der Waals surface area contributed by atoms with Gasteiger partial charge in [-0.3, -0.25) is 4.79 Å². The average molecular weight is 290 g/mol. The molecule has 0 aliphatic heterocycles. The zero-order valence-electron chi connectivity index (χ0n) is 8.84. The Morgan fingerprint density at radius 2 is 2.25 bits per heavy atom. The number of benzene rings is 1. The Labute approximate surface area is 102 Å². The van der Waals surface area contributed by atoms with Gasteiger partial charge in [0.1, 0.15) is 12.2 Å². The van der Waals surface area contributed by atoms with Gasteiger partial charge >= 0.3 is 5.97 Å². The first kappa shape index (κ1) is 13.1. The Bertz CT molecular complexity index is 407. The quantitative estimate of drug-likeness (QED) is 0.894. The van der Waals surface area contributed by atoms with E-state index < -0.39 is 18.2 Å². The molecule has 88 valence electrons. The molecule has 0 aromatic heterocycles. The standard InChI is InChI=1S/C11H13BrFNO2/c1-11(14,10(15)16)5-8-3-2-7(6-13)4-9(8)12/h2-4H,5-6,14H2,1H3,(H,15,16)/t11-/m0/s1. The van der Waals surface area contributed by atoms with Gasteiger partial charge in [0.15, 0.2) is 0 Å². The molecular formula is C11H13BrFNO2. The number of carboxylic acids is 1. The third-order valence-corrected chi connectivity index (χ3v) is 3.06. The number of carboxylic acid groups (broad SMARTS) is 1. The lowest BCUT2D eigenvalue weighted by Gasteiger charge is -2.20. The molecule has 0 heterocycles. The first-order valence-electron chi connectivity index (χ1n) is 4.72. The lowest BCUT2D eigenvalue weighted by atomic mass is 9.94. The van der Waals surface area contributed by atoms with Crippen molar-refractivity contribution < 1.29 is 14.3 Å². The van der Waals surface area contributed by atoms with E-state index >= 15 is 0 Å². The molecule has 0 amide bonds. The van der Waals surface area contributed by atoms with Crippen LogP contribution in [0, 0.1) is 0 Å².